The second-order valence-corrected chi connectivity index (χ2v) is 27.6. The summed E-state index contributed by atoms with van der Waals surface area (Å²) in [5.41, 5.74) is 4.48. The zero-order chi connectivity index (χ0) is 35.4. The zero-order valence-corrected chi connectivity index (χ0v) is 35.0. The fourth-order valence-corrected chi connectivity index (χ4v) is 10.5. The molecule has 0 aromatic carbocycles. The van der Waals surface area contributed by atoms with E-state index in [-0.39, 0.29) is 22.3 Å². The Bertz CT molecular complexity index is 1180. The SMILES string of the molecule is C=C1C(=CC=C2CCC[C@]3(C)[C@@H]([C@H](C)CC#CC(OCC)OCC)CC[C@@H]23)C[C@@H](O[Si](C)(C)C(C)(C)C)C[C@@H]1O[Si](C)(C)C(C)(C)C. The molecule has 0 radical (unpaired) electrons. The molecule has 6 heteroatoms. The molecule has 47 heavy (non-hydrogen) atoms. The molecule has 0 N–H and O–H groups in total. The highest BCUT2D eigenvalue weighted by Crippen LogP contribution is 2.60. The van der Waals surface area contributed by atoms with Gasteiger partial charge in [-0.2, -0.15) is 0 Å². The van der Waals surface area contributed by atoms with Crippen LogP contribution in [0.25, 0.3) is 0 Å². The van der Waals surface area contributed by atoms with Gasteiger partial charge in [-0.3, -0.25) is 0 Å². The molecule has 3 fully saturated rings. The quantitative estimate of drug-likeness (QED) is 0.123. The van der Waals surface area contributed by atoms with Crippen molar-refractivity contribution in [1.82, 2.24) is 0 Å². The van der Waals surface area contributed by atoms with Gasteiger partial charge in [-0.25, -0.2) is 0 Å². The highest BCUT2D eigenvalue weighted by atomic mass is 28.4. The van der Waals surface area contributed by atoms with Gasteiger partial charge in [-0.05, 0) is 129 Å². The van der Waals surface area contributed by atoms with Crippen LogP contribution < -0.4 is 0 Å². The predicted octanol–water partition coefficient (Wildman–Crippen LogP) is 11.6. The minimum atomic E-state index is -1.99. The van der Waals surface area contributed by atoms with Gasteiger partial charge in [0.25, 0.3) is 0 Å². The van der Waals surface area contributed by atoms with Crippen LogP contribution in [-0.2, 0) is 18.3 Å². The van der Waals surface area contributed by atoms with E-state index < -0.39 is 22.9 Å². The summed E-state index contributed by atoms with van der Waals surface area (Å²) in [4.78, 5) is 0. The molecular weight excluding hydrogens is 613 g/mol. The van der Waals surface area contributed by atoms with E-state index in [2.05, 4.69) is 106 Å². The molecule has 0 spiro atoms. The lowest BCUT2D eigenvalue weighted by Gasteiger charge is -2.45. The summed E-state index contributed by atoms with van der Waals surface area (Å²) < 4.78 is 25.5. The van der Waals surface area contributed by atoms with Gasteiger partial charge in [0.2, 0.25) is 6.29 Å². The van der Waals surface area contributed by atoms with Gasteiger partial charge in [-0.1, -0.05) is 85.6 Å². The van der Waals surface area contributed by atoms with E-state index in [1.54, 1.807) is 5.57 Å². The molecule has 3 saturated carbocycles. The highest BCUT2D eigenvalue weighted by Gasteiger charge is 2.50. The monoisotopic (exact) mass is 684 g/mol. The highest BCUT2D eigenvalue weighted by molar-refractivity contribution is 6.74. The predicted molar refractivity (Wildman–Crippen MR) is 205 cm³/mol. The minimum absolute atomic E-state index is 0.0172. The van der Waals surface area contributed by atoms with E-state index in [9.17, 15) is 0 Å². The Kier molecular flexibility index (Phi) is 13.7. The summed E-state index contributed by atoms with van der Waals surface area (Å²) in [5.74, 6) is 8.56. The van der Waals surface area contributed by atoms with Crippen LogP contribution in [0, 0.1) is 35.0 Å². The topological polar surface area (TPSA) is 36.9 Å². The molecule has 268 valence electrons. The van der Waals surface area contributed by atoms with Gasteiger partial charge >= 0.3 is 0 Å². The third-order valence-electron chi connectivity index (χ3n) is 12.7. The van der Waals surface area contributed by atoms with Crippen LogP contribution in [-0.4, -0.2) is 48.3 Å². The Morgan fingerprint density at radius 2 is 1.53 bits per heavy atom. The van der Waals surface area contributed by atoms with Gasteiger partial charge in [0.05, 0.1) is 12.2 Å². The molecule has 3 aliphatic rings. The molecule has 0 aliphatic heterocycles. The molecule has 3 aliphatic carbocycles. The number of allylic oxidation sites excluding steroid dienone is 3. The van der Waals surface area contributed by atoms with Gasteiger partial charge in [0.15, 0.2) is 16.6 Å². The van der Waals surface area contributed by atoms with Crippen molar-refractivity contribution in [1.29, 1.82) is 0 Å². The normalized spacial score (nSPS) is 30.1. The van der Waals surface area contributed by atoms with Crippen molar-refractivity contribution in [3.8, 4) is 11.8 Å². The standard InChI is InChI=1S/C41H72O4Si2/c1-16-42-38(43-17-2)22-18-20-30(3)35-25-26-36-32(21-19-27-41(35,36)11)23-24-33-28-34(44-46(12,13)39(5,6)7)29-37(31(33)4)45-47(14,15)40(8,9)10/h23-24,30,34-38H,4,16-17,19-21,25-29H2,1-3,5-15H3/t30-,34-,35-,36+,37+,41-/m1/s1. The van der Waals surface area contributed by atoms with Crippen LogP contribution in [0.5, 0.6) is 0 Å². The Hall–Kier alpha value is -0.946. The van der Waals surface area contributed by atoms with E-state index in [1.165, 1.54) is 43.3 Å². The zero-order valence-electron chi connectivity index (χ0n) is 33.0. The first-order valence-corrected chi connectivity index (χ1v) is 24.6. The molecule has 0 unspecified atom stereocenters. The lowest BCUT2D eigenvalue weighted by molar-refractivity contribution is -0.0970. The summed E-state index contributed by atoms with van der Waals surface area (Å²) in [5, 5.41) is 0.320. The number of fused-ring (bicyclic) bond motifs is 1. The molecule has 3 rings (SSSR count). The van der Waals surface area contributed by atoms with Crippen LogP contribution in [0.15, 0.2) is 35.5 Å². The Morgan fingerprint density at radius 3 is 2.11 bits per heavy atom. The maximum atomic E-state index is 7.09. The molecular formula is C41H72O4Si2. The first-order chi connectivity index (χ1) is 21.7. The van der Waals surface area contributed by atoms with Crippen molar-refractivity contribution in [2.45, 2.75) is 175 Å². The average Bonchev–Trinajstić information content (AvgIpc) is 3.30. The van der Waals surface area contributed by atoms with E-state index in [0.717, 1.165) is 19.3 Å². The van der Waals surface area contributed by atoms with Crippen LogP contribution >= 0.6 is 0 Å². The minimum Gasteiger partial charge on any atom is -0.413 e. The first-order valence-electron chi connectivity index (χ1n) is 18.8. The van der Waals surface area contributed by atoms with Crippen molar-refractivity contribution < 1.29 is 18.3 Å². The summed E-state index contributed by atoms with van der Waals surface area (Å²) in [6, 6.07) is 0. The lowest BCUT2D eigenvalue weighted by atomic mass is 9.61. The molecule has 0 aromatic rings. The number of hydrogen-bond acceptors (Lipinski definition) is 4. The molecule has 6 atom stereocenters. The maximum absolute atomic E-state index is 7.09. The van der Waals surface area contributed by atoms with Crippen LogP contribution in [0.2, 0.25) is 36.3 Å². The molecule has 0 amide bonds. The summed E-state index contributed by atoms with van der Waals surface area (Å²) in [7, 11) is -3.92. The fourth-order valence-electron chi connectivity index (χ4n) is 7.86. The van der Waals surface area contributed by atoms with Crippen LogP contribution in [0.3, 0.4) is 0 Å². The van der Waals surface area contributed by atoms with Gasteiger partial charge in [0.1, 0.15) is 0 Å². The Labute approximate surface area is 293 Å². The van der Waals surface area contributed by atoms with E-state index in [1.807, 2.05) is 13.8 Å². The van der Waals surface area contributed by atoms with Gasteiger partial charge < -0.3 is 18.3 Å². The van der Waals surface area contributed by atoms with Crippen LogP contribution in [0.4, 0.5) is 0 Å². The van der Waals surface area contributed by atoms with Crippen molar-refractivity contribution in [3.05, 3.63) is 35.5 Å². The van der Waals surface area contributed by atoms with Crippen LogP contribution in [0.1, 0.15) is 121 Å². The molecule has 0 heterocycles. The van der Waals surface area contributed by atoms with Crippen molar-refractivity contribution in [3.63, 3.8) is 0 Å². The number of ether oxygens (including phenoxy) is 2. The van der Waals surface area contributed by atoms with E-state index >= 15 is 0 Å². The van der Waals surface area contributed by atoms with Crippen molar-refractivity contribution in [2.24, 2.45) is 23.2 Å². The molecule has 0 aromatic heterocycles. The second kappa shape index (κ2) is 15.9. The smallest absolute Gasteiger partial charge is 0.222 e. The summed E-state index contributed by atoms with van der Waals surface area (Å²) >= 11 is 0. The van der Waals surface area contributed by atoms with Crippen molar-refractivity contribution >= 4 is 16.6 Å². The molecule has 0 saturated heterocycles. The first kappa shape index (κ1) is 40.5. The van der Waals surface area contributed by atoms with Gasteiger partial charge in [0, 0.05) is 26.1 Å². The third-order valence-corrected chi connectivity index (χ3v) is 21.8. The number of rotatable bonds is 11. The largest absolute Gasteiger partial charge is 0.413 e. The lowest BCUT2D eigenvalue weighted by Crippen LogP contribution is -2.49. The molecule has 0 bridgehead atoms. The van der Waals surface area contributed by atoms with E-state index in [4.69, 9.17) is 24.9 Å². The molecule has 4 nitrogen and oxygen atoms in total. The van der Waals surface area contributed by atoms with Gasteiger partial charge in [-0.15, -0.1) is 0 Å². The van der Waals surface area contributed by atoms with E-state index in [0.29, 0.717) is 36.4 Å². The second-order valence-electron chi connectivity index (χ2n) is 18.1. The third kappa shape index (κ3) is 9.86. The Balaban J connectivity index is 1.85. The average molecular weight is 685 g/mol. The number of hydrogen-bond donors (Lipinski definition) is 0. The summed E-state index contributed by atoms with van der Waals surface area (Å²) in [6.45, 7) is 38.4. The Morgan fingerprint density at radius 1 is 0.936 bits per heavy atom. The fraction of sp³-hybridized carbons (Fsp3) is 0.805. The summed E-state index contributed by atoms with van der Waals surface area (Å²) in [6.07, 6.45) is 13.8. The van der Waals surface area contributed by atoms with Crippen molar-refractivity contribution in [2.75, 3.05) is 13.2 Å². The maximum Gasteiger partial charge on any atom is 0.222 e.